The molecule has 0 rings (SSSR count). The molecule has 1 atom stereocenters. The highest BCUT2D eigenvalue weighted by molar-refractivity contribution is 7.87. The third-order valence-electron chi connectivity index (χ3n) is 1.33. The van der Waals surface area contributed by atoms with E-state index in [0.29, 0.717) is 12.5 Å². The van der Waals surface area contributed by atoms with E-state index in [1.807, 2.05) is 13.8 Å². The predicted octanol–water partition coefficient (Wildman–Crippen LogP) is -0.174. The van der Waals surface area contributed by atoms with Crippen LogP contribution in [0.5, 0.6) is 0 Å². The van der Waals surface area contributed by atoms with Crippen LogP contribution in [0.2, 0.25) is 0 Å². The Bertz CT molecular complexity index is 176. The van der Waals surface area contributed by atoms with Crippen LogP contribution >= 0.6 is 0 Å². The average Bonchev–Trinajstić information content (AvgIpc) is 1.81. The number of nitrogens with one attached hydrogen (secondary N) is 1. The summed E-state index contributed by atoms with van der Waals surface area (Å²) in [6.45, 7) is 4.38. The molecule has 0 radical (unpaired) electrons. The first-order valence-corrected chi connectivity index (χ1v) is 4.77. The quantitative estimate of drug-likeness (QED) is 0.608. The smallest absolute Gasteiger partial charge is 0.216 e. The van der Waals surface area contributed by atoms with Crippen molar-refractivity contribution in [3.63, 3.8) is 0 Å². The summed E-state index contributed by atoms with van der Waals surface area (Å²) in [7, 11) is -3.48. The van der Waals surface area contributed by atoms with Crippen molar-refractivity contribution in [2.75, 3.05) is 6.54 Å². The topological polar surface area (TPSA) is 72.2 Å². The van der Waals surface area contributed by atoms with Gasteiger partial charge in [-0.05, 0) is 5.92 Å². The fourth-order valence-corrected chi connectivity index (χ4v) is 0.920. The van der Waals surface area contributed by atoms with Crippen LogP contribution in [0, 0.1) is 5.92 Å². The van der Waals surface area contributed by atoms with Gasteiger partial charge in [0.25, 0.3) is 10.2 Å². The number of hydrogen-bond acceptors (Lipinski definition) is 2. The Morgan fingerprint density at radius 1 is 1.60 bits per heavy atom. The molecule has 0 bridgehead atoms. The lowest BCUT2D eigenvalue weighted by Gasteiger charge is -2.06. The Balaban J connectivity index is 3.56. The van der Waals surface area contributed by atoms with Gasteiger partial charge in [0.15, 0.2) is 0 Å². The molecule has 0 aromatic rings. The lowest BCUT2D eigenvalue weighted by atomic mass is 10.1. The van der Waals surface area contributed by atoms with E-state index in [-0.39, 0.29) is 0 Å². The van der Waals surface area contributed by atoms with Gasteiger partial charge in [-0.1, -0.05) is 20.3 Å². The van der Waals surface area contributed by atoms with E-state index < -0.39 is 10.2 Å². The maximum absolute atomic E-state index is 10.3. The van der Waals surface area contributed by atoms with Crippen molar-refractivity contribution in [1.82, 2.24) is 4.72 Å². The van der Waals surface area contributed by atoms with Gasteiger partial charge in [0.2, 0.25) is 0 Å². The van der Waals surface area contributed by atoms with Crippen LogP contribution in [0.1, 0.15) is 20.3 Å². The molecular formula is C5H14N2O2S. The highest BCUT2D eigenvalue weighted by Crippen LogP contribution is 1.96. The Hall–Kier alpha value is -0.130. The molecule has 5 heteroatoms. The molecule has 0 fully saturated rings. The molecule has 0 saturated heterocycles. The van der Waals surface area contributed by atoms with Crippen LogP contribution in [0.25, 0.3) is 0 Å². The van der Waals surface area contributed by atoms with Crippen molar-refractivity contribution in [2.24, 2.45) is 11.1 Å². The van der Waals surface area contributed by atoms with Crippen LogP contribution in [0.15, 0.2) is 0 Å². The van der Waals surface area contributed by atoms with Gasteiger partial charge in [-0.25, -0.2) is 9.86 Å². The van der Waals surface area contributed by atoms with Crippen LogP contribution in [0.3, 0.4) is 0 Å². The largest absolute Gasteiger partial charge is 0.274 e. The summed E-state index contributed by atoms with van der Waals surface area (Å²) < 4.78 is 22.9. The summed E-state index contributed by atoms with van der Waals surface area (Å²) in [6, 6.07) is 0. The van der Waals surface area contributed by atoms with E-state index in [1.54, 1.807) is 0 Å². The molecular weight excluding hydrogens is 152 g/mol. The normalized spacial score (nSPS) is 15.1. The molecule has 62 valence electrons. The lowest BCUT2D eigenvalue weighted by Crippen LogP contribution is -2.33. The van der Waals surface area contributed by atoms with E-state index in [9.17, 15) is 8.42 Å². The van der Waals surface area contributed by atoms with Gasteiger partial charge in [-0.15, -0.1) is 0 Å². The maximum atomic E-state index is 10.3. The Labute approximate surface area is 62.0 Å². The van der Waals surface area contributed by atoms with Crippen molar-refractivity contribution in [3.8, 4) is 0 Å². The van der Waals surface area contributed by atoms with Gasteiger partial charge >= 0.3 is 0 Å². The van der Waals surface area contributed by atoms with Crippen LogP contribution in [-0.4, -0.2) is 15.0 Å². The summed E-state index contributed by atoms with van der Waals surface area (Å²) in [5.41, 5.74) is 0. The van der Waals surface area contributed by atoms with Gasteiger partial charge < -0.3 is 0 Å². The van der Waals surface area contributed by atoms with Crippen LogP contribution in [0.4, 0.5) is 0 Å². The Morgan fingerprint density at radius 2 is 2.10 bits per heavy atom. The van der Waals surface area contributed by atoms with Gasteiger partial charge in [0.1, 0.15) is 0 Å². The minimum atomic E-state index is -3.48. The molecule has 0 aliphatic heterocycles. The van der Waals surface area contributed by atoms with Gasteiger partial charge in [-0.3, -0.25) is 0 Å². The fraction of sp³-hybridized carbons (Fsp3) is 1.00. The predicted molar refractivity (Wildman–Crippen MR) is 40.6 cm³/mol. The minimum absolute atomic E-state index is 0.346. The Kier molecular flexibility index (Phi) is 3.85. The first-order valence-electron chi connectivity index (χ1n) is 3.23. The minimum Gasteiger partial charge on any atom is -0.216 e. The monoisotopic (exact) mass is 166 g/mol. The molecule has 10 heavy (non-hydrogen) atoms. The van der Waals surface area contributed by atoms with Gasteiger partial charge in [0, 0.05) is 6.54 Å². The second kappa shape index (κ2) is 3.90. The second-order valence-corrected chi connectivity index (χ2v) is 3.79. The zero-order valence-electron chi connectivity index (χ0n) is 6.29. The summed E-state index contributed by atoms with van der Waals surface area (Å²) in [4.78, 5) is 0. The average molecular weight is 166 g/mol. The van der Waals surface area contributed by atoms with Gasteiger partial charge in [-0.2, -0.15) is 8.42 Å². The zero-order chi connectivity index (χ0) is 8.20. The standard InChI is InChI=1S/C5H14N2O2S/c1-3-5(2)4-7-10(6,8)9/h5,7H,3-4H2,1-2H3,(H2,6,8,9). The number of nitrogens with two attached hydrogens (primary N) is 1. The summed E-state index contributed by atoms with van der Waals surface area (Å²) >= 11 is 0. The highest BCUT2D eigenvalue weighted by atomic mass is 32.2. The van der Waals surface area contributed by atoms with Crippen LogP contribution in [-0.2, 0) is 10.2 Å². The first-order chi connectivity index (χ1) is 4.45. The van der Waals surface area contributed by atoms with Crippen molar-refractivity contribution < 1.29 is 8.42 Å². The number of rotatable bonds is 4. The molecule has 1 unspecified atom stereocenters. The zero-order valence-corrected chi connectivity index (χ0v) is 7.11. The third kappa shape index (κ3) is 6.00. The van der Waals surface area contributed by atoms with E-state index in [4.69, 9.17) is 5.14 Å². The number of hydrogen-bond donors (Lipinski definition) is 2. The summed E-state index contributed by atoms with van der Waals surface area (Å²) in [6.07, 6.45) is 0.947. The SMILES string of the molecule is CCC(C)CNS(N)(=O)=O. The molecule has 4 nitrogen and oxygen atoms in total. The third-order valence-corrected chi connectivity index (χ3v) is 1.90. The fourth-order valence-electron chi connectivity index (χ4n) is 0.403. The molecule has 0 spiro atoms. The maximum Gasteiger partial charge on any atom is 0.274 e. The molecule has 0 aromatic carbocycles. The molecule has 0 saturated carbocycles. The van der Waals surface area contributed by atoms with Crippen molar-refractivity contribution >= 4 is 10.2 Å². The highest BCUT2D eigenvalue weighted by Gasteiger charge is 2.03. The Morgan fingerprint density at radius 3 is 2.40 bits per heavy atom. The van der Waals surface area contributed by atoms with Crippen LogP contribution < -0.4 is 9.86 Å². The molecule has 0 heterocycles. The van der Waals surface area contributed by atoms with E-state index >= 15 is 0 Å². The lowest BCUT2D eigenvalue weighted by molar-refractivity contribution is 0.529. The van der Waals surface area contributed by atoms with Gasteiger partial charge in [0.05, 0.1) is 0 Å². The second-order valence-electron chi connectivity index (χ2n) is 2.41. The molecule has 0 amide bonds. The van der Waals surface area contributed by atoms with E-state index in [0.717, 1.165) is 6.42 Å². The van der Waals surface area contributed by atoms with Crippen molar-refractivity contribution in [1.29, 1.82) is 0 Å². The molecule has 0 aliphatic carbocycles. The molecule has 3 N–H and O–H groups in total. The van der Waals surface area contributed by atoms with E-state index in [1.165, 1.54) is 0 Å². The first kappa shape index (κ1) is 9.87. The molecule has 0 aromatic heterocycles. The summed E-state index contributed by atoms with van der Waals surface area (Å²) in [5.74, 6) is 0.346. The van der Waals surface area contributed by atoms with Crippen molar-refractivity contribution in [2.45, 2.75) is 20.3 Å². The molecule has 0 aliphatic rings. The summed E-state index contributed by atoms with van der Waals surface area (Å²) in [5, 5.41) is 4.70. The van der Waals surface area contributed by atoms with E-state index in [2.05, 4.69) is 4.72 Å². The van der Waals surface area contributed by atoms with Crippen molar-refractivity contribution in [3.05, 3.63) is 0 Å².